The summed E-state index contributed by atoms with van der Waals surface area (Å²) in [4.78, 5) is 3.60. The number of hydrogen-bond donors (Lipinski definition) is 2. The topological polar surface area (TPSA) is 41.8 Å². The predicted molar refractivity (Wildman–Crippen MR) is 76.8 cm³/mol. The Bertz CT molecular complexity index is 620. The van der Waals surface area contributed by atoms with Crippen molar-refractivity contribution < 1.29 is 0 Å². The molecule has 2 heteroatoms. The molecule has 0 saturated heterocycles. The highest BCUT2D eigenvalue weighted by Gasteiger charge is 2.33. The number of nitrogens with two attached hydrogens (primary N) is 1. The van der Waals surface area contributed by atoms with Crippen molar-refractivity contribution in [3.63, 3.8) is 0 Å². The second kappa shape index (κ2) is 3.61. The lowest BCUT2D eigenvalue weighted by Gasteiger charge is -2.33. The van der Waals surface area contributed by atoms with E-state index in [9.17, 15) is 0 Å². The molecule has 2 nitrogen and oxygen atoms in total. The third-order valence-corrected chi connectivity index (χ3v) is 4.16. The second-order valence-corrected chi connectivity index (χ2v) is 6.67. The Morgan fingerprint density at radius 2 is 2.00 bits per heavy atom. The van der Waals surface area contributed by atoms with Crippen molar-refractivity contribution in [2.24, 2.45) is 11.1 Å². The van der Waals surface area contributed by atoms with Gasteiger partial charge in [-0.1, -0.05) is 19.9 Å². The van der Waals surface area contributed by atoms with Gasteiger partial charge in [-0.3, -0.25) is 0 Å². The van der Waals surface area contributed by atoms with Gasteiger partial charge >= 0.3 is 0 Å². The smallest absolute Gasteiger partial charge is 0.0464 e. The van der Waals surface area contributed by atoms with E-state index in [1.54, 1.807) is 0 Å². The van der Waals surface area contributed by atoms with Gasteiger partial charge in [0.1, 0.15) is 0 Å². The molecule has 1 aliphatic rings. The van der Waals surface area contributed by atoms with Gasteiger partial charge in [0.15, 0.2) is 0 Å². The molecule has 1 aliphatic carbocycles. The average molecular weight is 242 g/mol. The standard InChI is InChI=1S/C16H22N2/c1-9-5-10(2)14-12(6-9)18-13-8-16(3,4)7-11(17)15(13)14/h5-6,11,18H,7-8,17H2,1-4H3. The maximum absolute atomic E-state index is 6.42. The summed E-state index contributed by atoms with van der Waals surface area (Å²) < 4.78 is 0. The molecule has 0 radical (unpaired) electrons. The summed E-state index contributed by atoms with van der Waals surface area (Å²) in [6, 6.07) is 4.66. The largest absolute Gasteiger partial charge is 0.358 e. The Labute approximate surface area is 109 Å². The van der Waals surface area contributed by atoms with E-state index in [0.717, 1.165) is 12.8 Å². The molecule has 0 aliphatic heterocycles. The van der Waals surface area contributed by atoms with E-state index in [0.29, 0.717) is 5.41 Å². The number of aromatic nitrogens is 1. The van der Waals surface area contributed by atoms with Crippen LogP contribution in [0.15, 0.2) is 12.1 Å². The molecule has 0 saturated carbocycles. The van der Waals surface area contributed by atoms with Crippen LogP contribution >= 0.6 is 0 Å². The zero-order chi connectivity index (χ0) is 13.1. The highest BCUT2D eigenvalue weighted by atomic mass is 14.8. The molecule has 1 atom stereocenters. The zero-order valence-electron chi connectivity index (χ0n) is 11.7. The molecule has 0 spiro atoms. The maximum atomic E-state index is 6.42. The van der Waals surface area contributed by atoms with E-state index in [-0.39, 0.29) is 6.04 Å². The number of aryl methyl sites for hydroxylation is 2. The zero-order valence-corrected chi connectivity index (χ0v) is 11.7. The highest BCUT2D eigenvalue weighted by Crippen LogP contribution is 2.43. The lowest BCUT2D eigenvalue weighted by atomic mass is 9.74. The SMILES string of the molecule is Cc1cc(C)c2c3c([nH]c2c1)CC(C)(C)CC3N. The molecule has 3 rings (SSSR count). The number of nitrogens with one attached hydrogen (secondary N) is 1. The van der Waals surface area contributed by atoms with Crippen molar-refractivity contribution in [1.29, 1.82) is 0 Å². The van der Waals surface area contributed by atoms with Crippen LogP contribution in [0, 0.1) is 19.3 Å². The fourth-order valence-electron chi connectivity index (χ4n) is 3.60. The molecular weight excluding hydrogens is 220 g/mol. The fourth-order valence-corrected chi connectivity index (χ4v) is 3.60. The van der Waals surface area contributed by atoms with Crippen molar-refractivity contribution in [2.45, 2.75) is 46.6 Å². The number of H-pyrrole nitrogens is 1. The van der Waals surface area contributed by atoms with Crippen LogP contribution in [-0.4, -0.2) is 4.98 Å². The van der Waals surface area contributed by atoms with Crippen molar-refractivity contribution in [1.82, 2.24) is 4.98 Å². The Hall–Kier alpha value is -1.28. The monoisotopic (exact) mass is 242 g/mol. The van der Waals surface area contributed by atoms with Crippen LogP contribution in [0.1, 0.15) is 48.7 Å². The summed E-state index contributed by atoms with van der Waals surface area (Å²) in [5.74, 6) is 0. The second-order valence-electron chi connectivity index (χ2n) is 6.67. The lowest BCUT2D eigenvalue weighted by Crippen LogP contribution is -2.29. The van der Waals surface area contributed by atoms with Crippen molar-refractivity contribution >= 4 is 10.9 Å². The van der Waals surface area contributed by atoms with Crippen LogP contribution < -0.4 is 5.73 Å². The molecular formula is C16H22N2. The van der Waals surface area contributed by atoms with Gasteiger partial charge in [0.2, 0.25) is 0 Å². The quantitative estimate of drug-likeness (QED) is 0.725. The van der Waals surface area contributed by atoms with E-state index in [1.165, 1.54) is 33.3 Å². The highest BCUT2D eigenvalue weighted by molar-refractivity contribution is 5.89. The molecule has 1 aromatic heterocycles. The number of hydrogen-bond acceptors (Lipinski definition) is 1. The Morgan fingerprint density at radius 1 is 1.28 bits per heavy atom. The van der Waals surface area contributed by atoms with Crippen LogP contribution in [0.3, 0.4) is 0 Å². The van der Waals surface area contributed by atoms with Crippen LogP contribution in [0.2, 0.25) is 0 Å². The first-order chi connectivity index (χ1) is 8.37. The van der Waals surface area contributed by atoms with Gasteiger partial charge in [0.05, 0.1) is 0 Å². The van der Waals surface area contributed by atoms with E-state index in [4.69, 9.17) is 5.73 Å². The Morgan fingerprint density at radius 3 is 2.72 bits per heavy atom. The molecule has 0 bridgehead atoms. The van der Waals surface area contributed by atoms with Gasteiger partial charge in [-0.15, -0.1) is 0 Å². The van der Waals surface area contributed by atoms with Crippen LogP contribution in [0.5, 0.6) is 0 Å². The van der Waals surface area contributed by atoms with Crippen molar-refractivity contribution in [3.8, 4) is 0 Å². The molecule has 1 unspecified atom stereocenters. The van der Waals surface area contributed by atoms with Gasteiger partial charge in [0, 0.05) is 22.6 Å². The minimum absolute atomic E-state index is 0.166. The van der Waals surface area contributed by atoms with Gasteiger partial charge in [-0.2, -0.15) is 0 Å². The van der Waals surface area contributed by atoms with Gasteiger partial charge < -0.3 is 10.7 Å². The first kappa shape index (κ1) is 11.8. The van der Waals surface area contributed by atoms with Gasteiger partial charge in [-0.25, -0.2) is 0 Å². The summed E-state index contributed by atoms with van der Waals surface area (Å²) in [6.45, 7) is 8.95. The van der Waals surface area contributed by atoms with Crippen LogP contribution in [-0.2, 0) is 6.42 Å². The molecule has 0 fully saturated rings. The normalized spacial score (nSPS) is 22.2. The minimum Gasteiger partial charge on any atom is -0.358 e. The number of benzene rings is 1. The third kappa shape index (κ3) is 1.67. The molecule has 1 heterocycles. The van der Waals surface area contributed by atoms with E-state index in [1.807, 2.05) is 0 Å². The summed E-state index contributed by atoms with van der Waals surface area (Å²) >= 11 is 0. The van der Waals surface area contributed by atoms with Crippen LogP contribution in [0.25, 0.3) is 10.9 Å². The molecule has 96 valence electrons. The average Bonchev–Trinajstić information content (AvgIpc) is 2.53. The molecule has 0 amide bonds. The number of rotatable bonds is 0. The number of aromatic amines is 1. The fraction of sp³-hybridized carbons (Fsp3) is 0.500. The van der Waals surface area contributed by atoms with Crippen molar-refractivity contribution in [3.05, 3.63) is 34.5 Å². The maximum Gasteiger partial charge on any atom is 0.0464 e. The van der Waals surface area contributed by atoms with Crippen molar-refractivity contribution in [2.75, 3.05) is 0 Å². The minimum atomic E-state index is 0.166. The molecule has 18 heavy (non-hydrogen) atoms. The van der Waals surface area contributed by atoms with E-state index >= 15 is 0 Å². The molecule has 3 N–H and O–H groups in total. The molecule has 2 aromatic rings. The summed E-state index contributed by atoms with van der Waals surface area (Å²) in [7, 11) is 0. The van der Waals surface area contributed by atoms with Gasteiger partial charge in [0.25, 0.3) is 0 Å². The van der Waals surface area contributed by atoms with Crippen LogP contribution in [0.4, 0.5) is 0 Å². The summed E-state index contributed by atoms with van der Waals surface area (Å²) in [5, 5.41) is 1.36. The Balaban J connectivity index is 2.30. The Kier molecular flexibility index (Phi) is 2.36. The first-order valence-corrected chi connectivity index (χ1v) is 6.75. The first-order valence-electron chi connectivity index (χ1n) is 6.75. The van der Waals surface area contributed by atoms with E-state index < -0.39 is 0 Å². The third-order valence-electron chi connectivity index (χ3n) is 4.16. The van der Waals surface area contributed by atoms with Gasteiger partial charge in [-0.05, 0) is 54.9 Å². The number of fused-ring (bicyclic) bond motifs is 3. The van der Waals surface area contributed by atoms with E-state index in [2.05, 4.69) is 44.8 Å². The molecule has 1 aromatic carbocycles. The lowest BCUT2D eigenvalue weighted by molar-refractivity contribution is 0.281. The predicted octanol–water partition coefficient (Wildman–Crippen LogP) is 3.76. The summed E-state index contributed by atoms with van der Waals surface area (Å²) in [6.07, 6.45) is 2.17. The summed E-state index contributed by atoms with van der Waals surface area (Å²) in [5.41, 5.74) is 13.3.